The van der Waals surface area contributed by atoms with Crippen molar-refractivity contribution in [2.75, 3.05) is 11.9 Å². The fraction of sp³-hybridized carbons (Fsp3) is 0.200. The number of rotatable bonds is 5. The number of hydrogen-bond acceptors (Lipinski definition) is 6. The lowest BCUT2D eigenvalue weighted by atomic mass is 9.88. The molecule has 7 nitrogen and oxygen atoms in total. The van der Waals surface area contributed by atoms with E-state index in [0.29, 0.717) is 12.4 Å². The minimum atomic E-state index is -0.817. The molecule has 3 N–H and O–H groups in total. The number of aliphatic hydroxyl groups excluding tert-OH is 2. The number of nitrogens with one attached hydrogen (secondary N) is 1. The molecule has 7 rings (SSSR count). The molecule has 1 saturated heterocycles. The van der Waals surface area contributed by atoms with Gasteiger partial charge in [0.15, 0.2) is 0 Å². The molecule has 0 aliphatic carbocycles. The summed E-state index contributed by atoms with van der Waals surface area (Å²) in [6, 6.07) is 25.4. The number of anilines is 1. The van der Waals surface area contributed by atoms with Crippen molar-refractivity contribution in [1.29, 1.82) is 0 Å². The zero-order valence-corrected chi connectivity index (χ0v) is 20.0. The molecule has 6 aromatic rings. The standard InChI is InChI=1S/C30H25N3O4/c34-16-25-24(35)14-27(37-25)33-13-12-26(32-30(33)36)31-15-23-20-7-2-1-6-19(20)21-10-8-17-4-3-5-18-9-11-22(23)29(21)28(17)18/h1-13,24-25,27,34-35H,14-16H2,(H,31,32,36)/t24-,25+,27+/m0/s1. The predicted octanol–water partition coefficient (Wildman–Crippen LogP) is 4.55. The van der Waals surface area contributed by atoms with Gasteiger partial charge in [0.2, 0.25) is 0 Å². The lowest BCUT2D eigenvalue weighted by Crippen LogP contribution is -2.28. The Morgan fingerprint density at radius 2 is 1.65 bits per heavy atom. The van der Waals surface area contributed by atoms with Crippen molar-refractivity contribution in [2.45, 2.75) is 31.4 Å². The van der Waals surface area contributed by atoms with E-state index in [1.54, 1.807) is 12.3 Å². The Morgan fingerprint density at radius 1 is 0.892 bits per heavy atom. The van der Waals surface area contributed by atoms with E-state index in [9.17, 15) is 15.0 Å². The van der Waals surface area contributed by atoms with Gasteiger partial charge in [-0.1, -0.05) is 66.7 Å². The third kappa shape index (κ3) is 3.47. The molecule has 0 bridgehead atoms. The number of fused-ring (bicyclic) bond motifs is 2. The number of ether oxygens (including phenoxy) is 1. The summed E-state index contributed by atoms with van der Waals surface area (Å²) in [5.74, 6) is 0.466. The van der Waals surface area contributed by atoms with Gasteiger partial charge in [-0.25, -0.2) is 4.79 Å². The number of benzene rings is 5. The zero-order valence-electron chi connectivity index (χ0n) is 20.0. The van der Waals surface area contributed by atoms with Gasteiger partial charge in [0.1, 0.15) is 18.1 Å². The number of aromatic nitrogens is 2. The van der Waals surface area contributed by atoms with Gasteiger partial charge < -0.3 is 20.3 Å². The molecule has 2 heterocycles. The van der Waals surface area contributed by atoms with Crippen molar-refractivity contribution < 1.29 is 14.9 Å². The van der Waals surface area contributed by atoms with Crippen molar-refractivity contribution in [3.8, 4) is 0 Å². The quantitative estimate of drug-likeness (QED) is 0.242. The number of nitrogens with zero attached hydrogens (tertiary/aromatic N) is 2. The molecular formula is C30H25N3O4. The van der Waals surface area contributed by atoms with Crippen LogP contribution in [0.25, 0.3) is 43.1 Å². The van der Waals surface area contributed by atoms with Crippen LogP contribution >= 0.6 is 0 Å². The highest BCUT2D eigenvalue weighted by Gasteiger charge is 2.35. The van der Waals surface area contributed by atoms with Gasteiger partial charge >= 0.3 is 5.69 Å². The molecule has 1 aliphatic rings. The minimum Gasteiger partial charge on any atom is -0.394 e. The van der Waals surface area contributed by atoms with Crippen molar-refractivity contribution in [2.24, 2.45) is 0 Å². The van der Waals surface area contributed by atoms with Crippen molar-refractivity contribution in [1.82, 2.24) is 9.55 Å². The first-order chi connectivity index (χ1) is 18.1. The molecule has 1 fully saturated rings. The first-order valence-electron chi connectivity index (χ1n) is 12.5. The van der Waals surface area contributed by atoms with Gasteiger partial charge in [-0.05, 0) is 54.7 Å². The van der Waals surface area contributed by atoms with Crippen LogP contribution in [0, 0.1) is 0 Å². The van der Waals surface area contributed by atoms with Crippen LogP contribution in [0.15, 0.2) is 83.8 Å². The fourth-order valence-corrected chi connectivity index (χ4v) is 5.83. The van der Waals surface area contributed by atoms with Crippen molar-refractivity contribution >= 4 is 48.9 Å². The van der Waals surface area contributed by atoms with Crippen LogP contribution in [0.3, 0.4) is 0 Å². The molecule has 5 aromatic carbocycles. The Bertz CT molecular complexity index is 1830. The normalized spacial score (nSPS) is 20.0. The number of aliphatic hydroxyl groups is 2. The maximum atomic E-state index is 12.8. The Hall–Kier alpha value is -4.04. The molecule has 0 saturated carbocycles. The minimum absolute atomic E-state index is 0.230. The average molecular weight is 492 g/mol. The van der Waals surface area contributed by atoms with Crippen molar-refractivity contribution in [3.05, 3.63) is 95.0 Å². The van der Waals surface area contributed by atoms with E-state index in [1.807, 2.05) is 0 Å². The Morgan fingerprint density at radius 3 is 2.38 bits per heavy atom. The summed E-state index contributed by atoms with van der Waals surface area (Å²) < 4.78 is 6.97. The first kappa shape index (κ1) is 22.2. The van der Waals surface area contributed by atoms with Crippen LogP contribution in [-0.4, -0.2) is 38.6 Å². The Balaban J connectivity index is 1.29. The maximum absolute atomic E-state index is 12.8. The summed E-state index contributed by atoms with van der Waals surface area (Å²) in [6.07, 6.45) is -0.312. The van der Waals surface area contributed by atoms with Crippen LogP contribution in [0.2, 0.25) is 0 Å². The van der Waals surface area contributed by atoms with Gasteiger partial charge in [0.05, 0.1) is 12.7 Å². The summed E-state index contributed by atoms with van der Waals surface area (Å²) in [7, 11) is 0. The van der Waals surface area contributed by atoms with Gasteiger partial charge in [-0.2, -0.15) is 4.98 Å². The highest BCUT2D eigenvalue weighted by molar-refractivity contribution is 6.30. The second-order valence-electron chi connectivity index (χ2n) is 9.68. The Labute approximate surface area is 211 Å². The maximum Gasteiger partial charge on any atom is 0.351 e. The fourth-order valence-electron chi connectivity index (χ4n) is 5.83. The first-order valence-corrected chi connectivity index (χ1v) is 12.5. The Kier molecular flexibility index (Phi) is 5.11. The third-order valence-corrected chi connectivity index (χ3v) is 7.61. The molecule has 3 atom stereocenters. The topological polar surface area (TPSA) is 96.6 Å². The summed E-state index contributed by atoms with van der Waals surface area (Å²) in [5.41, 5.74) is 0.682. The zero-order chi connectivity index (χ0) is 25.1. The van der Waals surface area contributed by atoms with Crippen molar-refractivity contribution in [3.63, 3.8) is 0 Å². The van der Waals surface area contributed by atoms with Crippen LogP contribution in [0.1, 0.15) is 18.2 Å². The molecule has 184 valence electrons. The molecular weight excluding hydrogens is 466 g/mol. The molecule has 1 aliphatic heterocycles. The number of hydrogen-bond donors (Lipinski definition) is 3. The van der Waals surface area contributed by atoms with Gasteiger partial charge in [0, 0.05) is 19.2 Å². The van der Waals surface area contributed by atoms with E-state index < -0.39 is 24.1 Å². The molecule has 1 aromatic heterocycles. The van der Waals surface area contributed by atoms with E-state index in [0.717, 1.165) is 10.9 Å². The van der Waals surface area contributed by atoms with E-state index >= 15 is 0 Å². The lowest BCUT2D eigenvalue weighted by molar-refractivity contribution is -0.0458. The largest absolute Gasteiger partial charge is 0.394 e. The van der Waals surface area contributed by atoms with Gasteiger partial charge in [-0.3, -0.25) is 4.57 Å². The molecule has 0 amide bonds. The van der Waals surface area contributed by atoms with Gasteiger partial charge in [0.25, 0.3) is 0 Å². The molecule has 0 spiro atoms. The SMILES string of the molecule is O=c1nc(NCc2c3ccccc3c3ccc4cccc5ccc2c3c54)ccn1[C@H]1C[C@H](O)[C@@H](CO)O1. The molecule has 7 heteroatoms. The third-order valence-electron chi connectivity index (χ3n) is 7.61. The predicted molar refractivity (Wildman–Crippen MR) is 145 cm³/mol. The summed E-state index contributed by atoms with van der Waals surface area (Å²) >= 11 is 0. The molecule has 37 heavy (non-hydrogen) atoms. The highest BCUT2D eigenvalue weighted by Crippen LogP contribution is 2.41. The van der Waals surface area contributed by atoms with E-state index in [2.05, 4.69) is 77.0 Å². The smallest absolute Gasteiger partial charge is 0.351 e. The van der Waals surface area contributed by atoms with E-state index in [-0.39, 0.29) is 13.0 Å². The second kappa shape index (κ2) is 8.52. The van der Waals surface area contributed by atoms with Gasteiger partial charge in [-0.15, -0.1) is 0 Å². The summed E-state index contributed by atoms with van der Waals surface area (Å²) in [5, 5.41) is 32.5. The van der Waals surface area contributed by atoms with E-state index in [1.165, 1.54) is 42.3 Å². The average Bonchev–Trinajstić information content (AvgIpc) is 3.30. The lowest BCUT2D eigenvalue weighted by Gasteiger charge is -2.18. The molecule has 0 radical (unpaired) electrons. The van der Waals surface area contributed by atoms with Crippen LogP contribution < -0.4 is 11.0 Å². The van der Waals surface area contributed by atoms with Crippen LogP contribution in [-0.2, 0) is 11.3 Å². The van der Waals surface area contributed by atoms with Crippen LogP contribution in [0.5, 0.6) is 0 Å². The van der Waals surface area contributed by atoms with Crippen LogP contribution in [0.4, 0.5) is 5.82 Å². The summed E-state index contributed by atoms with van der Waals surface area (Å²) in [6.45, 7) is 0.198. The summed E-state index contributed by atoms with van der Waals surface area (Å²) in [4.78, 5) is 17.0. The second-order valence-corrected chi connectivity index (χ2v) is 9.68. The monoisotopic (exact) mass is 491 g/mol. The highest BCUT2D eigenvalue weighted by atomic mass is 16.5. The molecule has 0 unspecified atom stereocenters. The van der Waals surface area contributed by atoms with E-state index in [4.69, 9.17) is 4.74 Å².